The molecular formula is C14H21ClN4. The third-order valence-corrected chi connectivity index (χ3v) is 3.89. The van der Waals surface area contributed by atoms with Gasteiger partial charge < -0.3 is 9.47 Å². The normalized spacial score (nSPS) is 14.3. The van der Waals surface area contributed by atoms with Crippen molar-refractivity contribution in [2.75, 3.05) is 14.1 Å². The molecule has 2 aromatic rings. The molecule has 19 heavy (non-hydrogen) atoms. The highest BCUT2D eigenvalue weighted by Gasteiger charge is 2.25. The molecule has 0 aliphatic carbocycles. The van der Waals surface area contributed by atoms with E-state index in [1.165, 1.54) is 0 Å². The first kappa shape index (κ1) is 14.3. The van der Waals surface area contributed by atoms with Gasteiger partial charge in [0, 0.05) is 18.3 Å². The highest BCUT2D eigenvalue weighted by molar-refractivity contribution is 6.20. The summed E-state index contributed by atoms with van der Waals surface area (Å²) in [5.74, 6) is 0.902. The van der Waals surface area contributed by atoms with E-state index >= 15 is 0 Å². The molecule has 0 spiro atoms. The number of fused-ring (bicyclic) bond motifs is 1. The minimum absolute atomic E-state index is 0.0252. The molecule has 0 aliphatic rings. The van der Waals surface area contributed by atoms with E-state index in [0.717, 1.165) is 23.4 Å². The molecule has 0 N–H and O–H groups in total. The largest absolute Gasteiger partial charge is 0.325 e. The fourth-order valence-corrected chi connectivity index (χ4v) is 2.17. The van der Waals surface area contributed by atoms with Crippen molar-refractivity contribution in [2.45, 2.75) is 38.2 Å². The van der Waals surface area contributed by atoms with Crippen molar-refractivity contribution < 1.29 is 0 Å². The van der Waals surface area contributed by atoms with Gasteiger partial charge in [0.1, 0.15) is 11.3 Å². The summed E-state index contributed by atoms with van der Waals surface area (Å²) in [4.78, 5) is 10.9. The average molecular weight is 281 g/mol. The molecule has 0 fully saturated rings. The quantitative estimate of drug-likeness (QED) is 0.807. The van der Waals surface area contributed by atoms with E-state index < -0.39 is 0 Å². The Hall–Kier alpha value is -1.13. The molecule has 0 amide bonds. The molecule has 0 aliphatic heterocycles. The Morgan fingerprint density at radius 1 is 1.42 bits per heavy atom. The SMILES string of the molecule is CC(Cl)c1nc2cnccc2n1CC(C)(C)N(C)C. The molecular weight excluding hydrogens is 260 g/mol. The number of aromatic nitrogens is 3. The molecule has 0 saturated heterocycles. The summed E-state index contributed by atoms with van der Waals surface area (Å²) in [6.07, 6.45) is 3.59. The van der Waals surface area contributed by atoms with E-state index in [1.54, 1.807) is 12.4 Å². The molecule has 0 aromatic carbocycles. The van der Waals surface area contributed by atoms with Gasteiger partial charge in [0.25, 0.3) is 0 Å². The summed E-state index contributed by atoms with van der Waals surface area (Å²) in [5, 5.41) is -0.120. The lowest BCUT2D eigenvalue weighted by Crippen LogP contribution is -2.42. The summed E-state index contributed by atoms with van der Waals surface area (Å²) < 4.78 is 2.20. The summed E-state index contributed by atoms with van der Waals surface area (Å²) in [7, 11) is 4.18. The van der Waals surface area contributed by atoms with Crippen LogP contribution in [0.4, 0.5) is 0 Å². The number of imidazole rings is 1. The predicted octanol–water partition coefficient (Wildman–Crippen LogP) is 3.07. The van der Waals surface area contributed by atoms with Gasteiger partial charge in [-0.1, -0.05) is 0 Å². The number of pyridine rings is 1. The van der Waals surface area contributed by atoms with Crippen molar-refractivity contribution in [1.82, 2.24) is 19.4 Å². The van der Waals surface area contributed by atoms with E-state index in [1.807, 2.05) is 13.0 Å². The first-order chi connectivity index (χ1) is 8.83. The number of nitrogens with zero attached hydrogens (tertiary/aromatic N) is 4. The van der Waals surface area contributed by atoms with Crippen molar-refractivity contribution in [3.05, 3.63) is 24.3 Å². The number of hydrogen-bond acceptors (Lipinski definition) is 3. The van der Waals surface area contributed by atoms with E-state index in [0.29, 0.717) is 0 Å². The third-order valence-electron chi connectivity index (χ3n) is 3.69. The van der Waals surface area contributed by atoms with Crippen LogP contribution in [-0.4, -0.2) is 39.1 Å². The second-order valence-electron chi connectivity index (χ2n) is 5.74. The van der Waals surface area contributed by atoms with Gasteiger partial charge in [0.15, 0.2) is 0 Å². The predicted molar refractivity (Wildman–Crippen MR) is 79.6 cm³/mol. The van der Waals surface area contributed by atoms with E-state index in [-0.39, 0.29) is 10.9 Å². The van der Waals surface area contributed by atoms with Crippen molar-refractivity contribution in [1.29, 1.82) is 0 Å². The Kier molecular flexibility index (Phi) is 3.83. The Balaban J connectivity index is 2.54. The van der Waals surface area contributed by atoms with Crippen molar-refractivity contribution >= 4 is 22.6 Å². The second-order valence-corrected chi connectivity index (χ2v) is 6.40. The van der Waals surface area contributed by atoms with Crippen LogP contribution >= 0.6 is 11.6 Å². The minimum Gasteiger partial charge on any atom is -0.325 e. The van der Waals surface area contributed by atoms with Gasteiger partial charge in [-0.3, -0.25) is 4.98 Å². The van der Waals surface area contributed by atoms with Crippen LogP contribution in [0.2, 0.25) is 0 Å². The number of halogens is 1. The lowest BCUT2D eigenvalue weighted by atomic mass is 10.0. The lowest BCUT2D eigenvalue weighted by molar-refractivity contribution is 0.170. The third kappa shape index (κ3) is 2.74. The van der Waals surface area contributed by atoms with Crippen molar-refractivity contribution in [3.63, 3.8) is 0 Å². The summed E-state index contributed by atoms with van der Waals surface area (Å²) >= 11 is 6.27. The van der Waals surface area contributed by atoms with Crippen LogP contribution in [-0.2, 0) is 6.54 Å². The number of alkyl halides is 1. The van der Waals surface area contributed by atoms with Crippen molar-refractivity contribution in [3.8, 4) is 0 Å². The molecule has 1 atom stereocenters. The molecule has 2 rings (SSSR count). The highest BCUT2D eigenvalue weighted by atomic mass is 35.5. The Morgan fingerprint density at radius 3 is 2.68 bits per heavy atom. The van der Waals surface area contributed by atoms with Gasteiger partial charge >= 0.3 is 0 Å². The summed E-state index contributed by atoms with van der Waals surface area (Å²) in [5.41, 5.74) is 2.02. The van der Waals surface area contributed by atoms with Crippen LogP contribution in [0, 0.1) is 0 Å². The lowest BCUT2D eigenvalue weighted by Gasteiger charge is -2.33. The Bertz CT molecular complexity index is 572. The molecule has 4 nitrogen and oxygen atoms in total. The van der Waals surface area contributed by atoms with E-state index in [9.17, 15) is 0 Å². The highest BCUT2D eigenvalue weighted by Crippen LogP contribution is 2.26. The van der Waals surface area contributed by atoms with Crippen LogP contribution in [0.1, 0.15) is 32.0 Å². The van der Waals surface area contributed by atoms with Crippen LogP contribution < -0.4 is 0 Å². The first-order valence-corrected chi connectivity index (χ1v) is 6.88. The number of likely N-dealkylation sites (N-methyl/N-ethyl adjacent to an activating group) is 1. The fourth-order valence-electron chi connectivity index (χ4n) is 2.00. The topological polar surface area (TPSA) is 34.0 Å². The monoisotopic (exact) mass is 280 g/mol. The molecule has 5 heteroatoms. The van der Waals surface area contributed by atoms with E-state index in [2.05, 4.69) is 47.4 Å². The van der Waals surface area contributed by atoms with Crippen molar-refractivity contribution in [2.24, 2.45) is 0 Å². The number of rotatable bonds is 4. The summed E-state index contributed by atoms with van der Waals surface area (Å²) in [6.45, 7) is 7.22. The maximum Gasteiger partial charge on any atom is 0.127 e. The Labute approximate surface area is 119 Å². The van der Waals surface area contributed by atoms with E-state index in [4.69, 9.17) is 11.6 Å². The van der Waals surface area contributed by atoms with Gasteiger partial charge in [-0.05, 0) is 40.9 Å². The average Bonchev–Trinajstić information content (AvgIpc) is 2.68. The Morgan fingerprint density at radius 2 is 2.11 bits per heavy atom. The smallest absolute Gasteiger partial charge is 0.127 e. The van der Waals surface area contributed by atoms with Crippen LogP contribution in [0.15, 0.2) is 18.5 Å². The van der Waals surface area contributed by atoms with Gasteiger partial charge in [-0.15, -0.1) is 11.6 Å². The van der Waals surface area contributed by atoms with Gasteiger partial charge in [0.2, 0.25) is 0 Å². The zero-order chi connectivity index (χ0) is 14.2. The fraction of sp³-hybridized carbons (Fsp3) is 0.571. The standard InChI is InChI=1S/C14H21ClN4/c1-10(15)13-17-11-8-16-7-6-12(11)19(13)9-14(2,3)18(4)5/h6-8,10H,9H2,1-5H3. The molecule has 0 saturated carbocycles. The molecule has 0 radical (unpaired) electrons. The molecule has 1 unspecified atom stereocenters. The number of hydrogen-bond donors (Lipinski definition) is 0. The second kappa shape index (κ2) is 5.10. The zero-order valence-corrected chi connectivity index (χ0v) is 12.9. The van der Waals surface area contributed by atoms with Crippen LogP contribution in [0.25, 0.3) is 11.0 Å². The van der Waals surface area contributed by atoms with Gasteiger partial charge in [-0.25, -0.2) is 4.98 Å². The first-order valence-electron chi connectivity index (χ1n) is 6.44. The van der Waals surface area contributed by atoms with Crippen LogP contribution in [0.3, 0.4) is 0 Å². The maximum absolute atomic E-state index is 6.27. The maximum atomic E-state index is 6.27. The molecule has 0 bridgehead atoms. The minimum atomic E-state index is -0.120. The summed E-state index contributed by atoms with van der Waals surface area (Å²) in [6, 6.07) is 2.00. The van der Waals surface area contributed by atoms with Gasteiger partial charge in [-0.2, -0.15) is 0 Å². The molecule has 2 heterocycles. The molecule has 104 valence electrons. The zero-order valence-electron chi connectivity index (χ0n) is 12.2. The van der Waals surface area contributed by atoms with Gasteiger partial charge in [0.05, 0.1) is 17.1 Å². The molecule has 2 aromatic heterocycles. The van der Waals surface area contributed by atoms with Crippen LogP contribution in [0.5, 0.6) is 0 Å².